The van der Waals surface area contributed by atoms with Crippen LogP contribution in [0.5, 0.6) is 5.75 Å². The second-order valence-electron chi connectivity index (χ2n) is 5.24. The van der Waals surface area contributed by atoms with Gasteiger partial charge < -0.3 is 10.1 Å². The second kappa shape index (κ2) is 5.70. The number of likely N-dealkylation sites (N-methyl/N-ethyl adjacent to an activating group) is 1. The largest absolute Gasteiger partial charge is 0.494 e. The summed E-state index contributed by atoms with van der Waals surface area (Å²) in [6.45, 7) is 0. The number of hydrogen-bond acceptors (Lipinski definition) is 2. The molecule has 0 aliphatic heterocycles. The molecule has 0 spiro atoms. The van der Waals surface area contributed by atoms with E-state index in [9.17, 15) is 4.39 Å². The molecule has 1 N–H and O–H groups in total. The molecular weight excluding hydrogens is 229 g/mol. The fraction of sp³-hybridized carbons (Fsp3) is 0.600. The summed E-state index contributed by atoms with van der Waals surface area (Å²) < 4.78 is 18.6. The van der Waals surface area contributed by atoms with Crippen LogP contribution in [0.25, 0.3) is 0 Å². The van der Waals surface area contributed by atoms with Crippen molar-refractivity contribution in [3.8, 4) is 5.75 Å². The van der Waals surface area contributed by atoms with Crippen LogP contribution < -0.4 is 10.1 Å². The Balaban J connectivity index is 2.14. The zero-order valence-electron chi connectivity index (χ0n) is 11.3. The molecule has 2 rings (SSSR count). The molecule has 2 nitrogen and oxygen atoms in total. The van der Waals surface area contributed by atoms with Crippen LogP contribution in [0, 0.1) is 5.82 Å². The van der Waals surface area contributed by atoms with E-state index in [0.29, 0.717) is 5.75 Å². The lowest BCUT2D eigenvalue weighted by atomic mass is 9.77. The third-order valence-corrected chi connectivity index (χ3v) is 4.10. The monoisotopic (exact) mass is 251 g/mol. The summed E-state index contributed by atoms with van der Waals surface area (Å²) >= 11 is 0. The van der Waals surface area contributed by atoms with Gasteiger partial charge >= 0.3 is 0 Å². The van der Waals surface area contributed by atoms with Crippen molar-refractivity contribution in [1.82, 2.24) is 5.32 Å². The van der Waals surface area contributed by atoms with Gasteiger partial charge in [-0.2, -0.15) is 0 Å². The minimum absolute atomic E-state index is 0.152. The number of halogens is 1. The standard InChI is InChI=1S/C15H22FNO/c1-17-15(8-4-3-5-9-15)11-12-6-7-14(18-2)13(16)10-12/h6-7,10,17H,3-5,8-9,11H2,1-2H3. The van der Waals surface area contributed by atoms with Gasteiger partial charge in [0, 0.05) is 5.54 Å². The minimum atomic E-state index is -0.267. The maximum atomic E-state index is 13.7. The zero-order chi connectivity index (χ0) is 13.0. The van der Waals surface area contributed by atoms with Crippen LogP contribution in [0.3, 0.4) is 0 Å². The van der Waals surface area contributed by atoms with Crippen molar-refractivity contribution in [1.29, 1.82) is 0 Å². The lowest BCUT2D eigenvalue weighted by Gasteiger charge is -2.37. The van der Waals surface area contributed by atoms with Crippen molar-refractivity contribution in [3.63, 3.8) is 0 Å². The molecule has 1 aromatic rings. The van der Waals surface area contributed by atoms with E-state index in [4.69, 9.17) is 4.74 Å². The summed E-state index contributed by atoms with van der Waals surface area (Å²) in [5, 5.41) is 3.46. The van der Waals surface area contributed by atoms with E-state index in [1.54, 1.807) is 12.1 Å². The van der Waals surface area contributed by atoms with Gasteiger partial charge in [-0.15, -0.1) is 0 Å². The predicted octanol–water partition coefficient (Wildman–Crippen LogP) is 3.30. The molecule has 100 valence electrons. The Bertz CT molecular complexity index is 399. The maximum Gasteiger partial charge on any atom is 0.165 e. The van der Waals surface area contributed by atoms with E-state index < -0.39 is 0 Å². The summed E-state index contributed by atoms with van der Waals surface area (Å²) in [5.41, 5.74) is 1.20. The van der Waals surface area contributed by atoms with Gasteiger partial charge in [0.05, 0.1) is 7.11 Å². The first-order valence-corrected chi connectivity index (χ1v) is 6.70. The summed E-state index contributed by atoms with van der Waals surface area (Å²) in [6.07, 6.45) is 7.10. The fourth-order valence-electron chi connectivity index (χ4n) is 2.95. The Morgan fingerprint density at radius 3 is 2.56 bits per heavy atom. The summed E-state index contributed by atoms with van der Waals surface area (Å²) in [7, 11) is 3.51. The molecule has 1 aliphatic rings. The van der Waals surface area contributed by atoms with Crippen molar-refractivity contribution in [2.24, 2.45) is 0 Å². The number of benzene rings is 1. The highest BCUT2D eigenvalue weighted by Crippen LogP contribution is 2.31. The van der Waals surface area contributed by atoms with Gasteiger partial charge in [-0.25, -0.2) is 4.39 Å². The Morgan fingerprint density at radius 2 is 2.00 bits per heavy atom. The Labute approximate surface area is 109 Å². The Morgan fingerprint density at radius 1 is 1.28 bits per heavy atom. The van der Waals surface area contributed by atoms with Gasteiger partial charge in [0.15, 0.2) is 11.6 Å². The molecule has 0 bridgehead atoms. The zero-order valence-corrected chi connectivity index (χ0v) is 11.3. The number of ether oxygens (including phenoxy) is 1. The highest BCUT2D eigenvalue weighted by Gasteiger charge is 2.30. The first-order chi connectivity index (χ1) is 8.69. The Hall–Kier alpha value is -1.09. The molecular formula is C15H22FNO. The van der Waals surface area contributed by atoms with Crippen molar-refractivity contribution in [2.45, 2.75) is 44.1 Å². The van der Waals surface area contributed by atoms with E-state index in [1.807, 2.05) is 13.1 Å². The number of methoxy groups -OCH3 is 1. The molecule has 0 atom stereocenters. The third-order valence-electron chi connectivity index (χ3n) is 4.10. The first kappa shape index (κ1) is 13.3. The lowest BCUT2D eigenvalue weighted by Crippen LogP contribution is -2.46. The number of nitrogens with one attached hydrogen (secondary N) is 1. The summed E-state index contributed by atoms with van der Waals surface area (Å²) in [6, 6.07) is 5.29. The number of rotatable bonds is 4. The quantitative estimate of drug-likeness (QED) is 0.886. The highest BCUT2D eigenvalue weighted by atomic mass is 19.1. The van der Waals surface area contributed by atoms with Crippen LogP contribution in [0.15, 0.2) is 18.2 Å². The van der Waals surface area contributed by atoms with Gasteiger partial charge in [-0.3, -0.25) is 0 Å². The van der Waals surface area contributed by atoms with Crippen molar-refractivity contribution >= 4 is 0 Å². The van der Waals surface area contributed by atoms with Gasteiger partial charge in [0.2, 0.25) is 0 Å². The molecule has 1 aromatic carbocycles. The van der Waals surface area contributed by atoms with Crippen molar-refractivity contribution in [3.05, 3.63) is 29.6 Å². The van der Waals surface area contributed by atoms with Gasteiger partial charge in [-0.1, -0.05) is 25.3 Å². The van der Waals surface area contributed by atoms with Crippen LogP contribution in [0.2, 0.25) is 0 Å². The molecule has 1 fully saturated rings. The van der Waals surface area contributed by atoms with Crippen LogP contribution in [0.4, 0.5) is 4.39 Å². The van der Waals surface area contributed by atoms with E-state index in [2.05, 4.69) is 5.32 Å². The maximum absolute atomic E-state index is 13.7. The predicted molar refractivity (Wildman–Crippen MR) is 71.5 cm³/mol. The molecule has 0 heterocycles. The second-order valence-corrected chi connectivity index (χ2v) is 5.24. The molecule has 1 aliphatic carbocycles. The SMILES string of the molecule is CNC1(Cc2ccc(OC)c(F)c2)CCCCC1. The fourth-order valence-corrected chi connectivity index (χ4v) is 2.95. The highest BCUT2D eigenvalue weighted by molar-refractivity contribution is 5.30. The van der Waals surface area contributed by atoms with Gasteiger partial charge in [0.25, 0.3) is 0 Å². The molecule has 18 heavy (non-hydrogen) atoms. The van der Waals surface area contributed by atoms with Crippen molar-refractivity contribution in [2.75, 3.05) is 14.2 Å². The molecule has 3 heteroatoms. The molecule has 0 unspecified atom stereocenters. The summed E-state index contributed by atoms with van der Waals surface area (Å²) in [5.74, 6) is 0.0537. The third kappa shape index (κ3) is 2.83. The van der Waals surface area contributed by atoms with E-state index in [1.165, 1.54) is 39.2 Å². The van der Waals surface area contributed by atoms with E-state index in [0.717, 1.165) is 12.0 Å². The average molecular weight is 251 g/mol. The topological polar surface area (TPSA) is 21.3 Å². The number of hydrogen-bond donors (Lipinski definition) is 1. The summed E-state index contributed by atoms with van der Waals surface area (Å²) in [4.78, 5) is 0. The molecule has 0 amide bonds. The van der Waals surface area contributed by atoms with E-state index >= 15 is 0 Å². The Kier molecular flexibility index (Phi) is 4.23. The van der Waals surface area contributed by atoms with Gasteiger partial charge in [0.1, 0.15) is 0 Å². The van der Waals surface area contributed by atoms with Crippen LogP contribution in [0.1, 0.15) is 37.7 Å². The molecule has 0 aromatic heterocycles. The smallest absolute Gasteiger partial charge is 0.165 e. The molecule has 0 radical (unpaired) electrons. The van der Waals surface area contributed by atoms with Crippen molar-refractivity contribution < 1.29 is 9.13 Å². The van der Waals surface area contributed by atoms with Gasteiger partial charge in [-0.05, 0) is 44.0 Å². The molecule has 1 saturated carbocycles. The average Bonchev–Trinajstić information content (AvgIpc) is 2.40. The van der Waals surface area contributed by atoms with Crippen LogP contribution >= 0.6 is 0 Å². The molecule has 0 saturated heterocycles. The lowest BCUT2D eigenvalue weighted by molar-refractivity contribution is 0.244. The normalized spacial score (nSPS) is 18.6. The van der Waals surface area contributed by atoms with Crippen LogP contribution in [-0.4, -0.2) is 19.7 Å². The van der Waals surface area contributed by atoms with E-state index in [-0.39, 0.29) is 11.4 Å². The minimum Gasteiger partial charge on any atom is -0.494 e. The van der Waals surface area contributed by atoms with Crippen LogP contribution in [-0.2, 0) is 6.42 Å². The first-order valence-electron chi connectivity index (χ1n) is 6.70.